The molecular formula is C19H23N5O. The lowest BCUT2D eigenvalue weighted by Gasteiger charge is -2.19. The Kier molecular flexibility index (Phi) is 4.72. The van der Waals surface area contributed by atoms with E-state index < -0.39 is 0 Å². The lowest BCUT2D eigenvalue weighted by molar-refractivity contribution is 0.303. The highest BCUT2D eigenvalue weighted by Crippen LogP contribution is 2.26. The number of ether oxygens (including phenoxy) is 1. The largest absolute Gasteiger partial charge is 0.489 e. The maximum atomic E-state index is 6.06. The van der Waals surface area contributed by atoms with Gasteiger partial charge in [0.2, 0.25) is 0 Å². The van der Waals surface area contributed by atoms with Crippen molar-refractivity contribution in [1.82, 2.24) is 15.0 Å². The van der Waals surface area contributed by atoms with Gasteiger partial charge in [-0.15, -0.1) is 0 Å². The summed E-state index contributed by atoms with van der Waals surface area (Å²) in [5, 5.41) is 10.2. The molecule has 1 heterocycles. The van der Waals surface area contributed by atoms with Crippen LogP contribution in [0.4, 0.5) is 5.69 Å². The van der Waals surface area contributed by atoms with Gasteiger partial charge in [0.05, 0.1) is 23.3 Å². The van der Waals surface area contributed by atoms with Crippen LogP contribution in [-0.2, 0) is 6.61 Å². The van der Waals surface area contributed by atoms with Crippen LogP contribution in [0.25, 0.3) is 5.69 Å². The predicted octanol–water partition coefficient (Wildman–Crippen LogP) is 3.08. The van der Waals surface area contributed by atoms with E-state index in [0.29, 0.717) is 6.61 Å². The monoisotopic (exact) mass is 337 g/mol. The zero-order chi connectivity index (χ0) is 18.0. The van der Waals surface area contributed by atoms with Crippen molar-refractivity contribution in [2.45, 2.75) is 27.4 Å². The van der Waals surface area contributed by atoms with E-state index in [9.17, 15) is 0 Å². The minimum Gasteiger partial charge on any atom is -0.489 e. The van der Waals surface area contributed by atoms with Gasteiger partial charge in [-0.3, -0.25) is 0 Å². The molecule has 25 heavy (non-hydrogen) atoms. The third kappa shape index (κ3) is 3.64. The second kappa shape index (κ2) is 6.94. The molecule has 130 valence electrons. The molecule has 0 atom stereocenters. The lowest BCUT2D eigenvalue weighted by Crippen LogP contribution is -2.26. The normalized spacial score (nSPS) is 10.8. The standard InChI is InChI=1S/C19H23N5O/c1-13-6-5-7-18(23(4)20)17(13)12-25-19-9-8-16(10-14(19)2)24-21-11-15(3)22-24/h5-11H,12,20H2,1-4H3. The van der Waals surface area contributed by atoms with Gasteiger partial charge in [0, 0.05) is 12.6 Å². The Morgan fingerprint density at radius 1 is 1.12 bits per heavy atom. The molecule has 0 bridgehead atoms. The van der Waals surface area contributed by atoms with E-state index in [2.05, 4.69) is 23.2 Å². The second-order valence-electron chi connectivity index (χ2n) is 6.20. The summed E-state index contributed by atoms with van der Waals surface area (Å²) < 4.78 is 6.06. The molecule has 0 radical (unpaired) electrons. The van der Waals surface area contributed by atoms with Gasteiger partial charge in [-0.05, 0) is 56.2 Å². The number of nitrogens with zero attached hydrogens (tertiary/aromatic N) is 4. The first-order valence-corrected chi connectivity index (χ1v) is 8.15. The Morgan fingerprint density at radius 2 is 1.92 bits per heavy atom. The Morgan fingerprint density at radius 3 is 2.56 bits per heavy atom. The molecule has 0 aliphatic rings. The van der Waals surface area contributed by atoms with Crippen molar-refractivity contribution in [3.05, 3.63) is 65.0 Å². The highest BCUT2D eigenvalue weighted by atomic mass is 16.5. The quantitative estimate of drug-likeness (QED) is 0.572. The van der Waals surface area contributed by atoms with Crippen molar-refractivity contribution >= 4 is 5.69 Å². The summed E-state index contributed by atoms with van der Waals surface area (Å²) >= 11 is 0. The molecule has 3 aromatic rings. The van der Waals surface area contributed by atoms with Crippen LogP contribution in [0.5, 0.6) is 5.75 Å². The molecule has 0 saturated carbocycles. The van der Waals surface area contributed by atoms with E-state index in [4.69, 9.17) is 10.6 Å². The number of aromatic nitrogens is 3. The molecule has 0 unspecified atom stereocenters. The van der Waals surface area contributed by atoms with Crippen molar-refractivity contribution in [3.63, 3.8) is 0 Å². The second-order valence-corrected chi connectivity index (χ2v) is 6.20. The summed E-state index contributed by atoms with van der Waals surface area (Å²) in [6, 6.07) is 12.0. The van der Waals surface area contributed by atoms with Crippen LogP contribution in [0.15, 0.2) is 42.6 Å². The van der Waals surface area contributed by atoms with Gasteiger partial charge in [-0.2, -0.15) is 15.0 Å². The van der Waals surface area contributed by atoms with E-state index in [1.54, 1.807) is 16.0 Å². The third-order valence-electron chi connectivity index (χ3n) is 4.13. The van der Waals surface area contributed by atoms with Gasteiger partial charge >= 0.3 is 0 Å². The van der Waals surface area contributed by atoms with Crippen LogP contribution in [-0.4, -0.2) is 22.0 Å². The number of nitrogens with two attached hydrogens (primary N) is 1. The van der Waals surface area contributed by atoms with Gasteiger partial charge in [0.15, 0.2) is 0 Å². The number of rotatable bonds is 5. The molecule has 0 amide bonds. The number of hydrogen-bond donors (Lipinski definition) is 1. The molecule has 0 spiro atoms. The number of hydrazine groups is 1. The first kappa shape index (κ1) is 17.0. The van der Waals surface area contributed by atoms with Crippen molar-refractivity contribution in [2.24, 2.45) is 5.84 Å². The number of aryl methyl sites for hydroxylation is 3. The van der Waals surface area contributed by atoms with E-state index in [1.165, 1.54) is 0 Å². The van der Waals surface area contributed by atoms with Crippen LogP contribution in [0.3, 0.4) is 0 Å². The molecule has 1 aromatic heterocycles. The van der Waals surface area contributed by atoms with Gasteiger partial charge in [-0.25, -0.2) is 5.84 Å². The smallest absolute Gasteiger partial charge is 0.122 e. The topological polar surface area (TPSA) is 69.2 Å². The molecule has 0 aliphatic heterocycles. The predicted molar refractivity (Wildman–Crippen MR) is 98.9 cm³/mol. The van der Waals surface area contributed by atoms with Crippen molar-refractivity contribution in [1.29, 1.82) is 0 Å². The summed E-state index contributed by atoms with van der Waals surface area (Å²) in [5.74, 6) is 6.76. The molecule has 2 aromatic carbocycles. The Balaban J connectivity index is 1.81. The van der Waals surface area contributed by atoms with Crippen LogP contribution in [0, 0.1) is 20.8 Å². The molecule has 6 heteroatoms. The average molecular weight is 337 g/mol. The molecule has 3 rings (SSSR count). The fourth-order valence-corrected chi connectivity index (χ4v) is 2.74. The maximum Gasteiger partial charge on any atom is 0.122 e. The molecule has 0 aliphatic carbocycles. The van der Waals surface area contributed by atoms with E-state index in [0.717, 1.165) is 39.5 Å². The van der Waals surface area contributed by atoms with Crippen LogP contribution in [0.1, 0.15) is 22.4 Å². The summed E-state index contributed by atoms with van der Waals surface area (Å²) in [6.07, 6.45) is 1.74. The zero-order valence-corrected chi connectivity index (χ0v) is 15.0. The lowest BCUT2D eigenvalue weighted by atomic mass is 10.1. The van der Waals surface area contributed by atoms with Crippen molar-refractivity contribution in [3.8, 4) is 11.4 Å². The summed E-state index contributed by atoms with van der Waals surface area (Å²) in [5.41, 5.74) is 6.03. The van der Waals surface area contributed by atoms with Crippen LogP contribution >= 0.6 is 0 Å². The average Bonchev–Trinajstić information content (AvgIpc) is 3.01. The van der Waals surface area contributed by atoms with E-state index in [1.807, 2.05) is 51.2 Å². The summed E-state index contributed by atoms with van der Waals surface area (Å²) in [4.78, 5) is 1.62. The summed E-state index contributed by atoms with van der Waals surface area (Å²) in [7, 11) is 1.83. The molecule has 0 saturated heterocycles. The Bertz CT molecular complexity index is 885. The fourth-order valence-electron chi connectivity index (χ4n) is 2.74. The number of anilines is 1. The molecule has 6 nitrogen and oxygen atoms in total. The minimum atomic E-state index is 0.461. The molecule has 0 fully saturated rings. The van der Waals surface area contributed by atoms with Gasteiger partial charge in [0.1, 0.15) is 12.4 Å². The minimum absolute atomic E-state index is 0.461. The molecule has 2 N–H and O–H groups in total. The van der Waals surface area contributed by atoms with Gasteiger partial charge in [-0.1, -0.05) is 12.1 Å². The van der Waals surface area contributed by atoms with Gasteiger partial charge < -0.3 is 9.75 Å². The highest BCUT2D eigenvalue weighted by Gasteiger charge is 2.10. The zero-order valence-electron chi connectivity index (χ0n) is 15.0. The SMILES string of the molecule is Cc1cnn(-c2ccc(OCc3c(C)cccc3N(C)N)c(C)c2)n1. The van der Waals surface area contributed by atoms with Gasteiger partial charge in [0.25, 0.3) is 0 Å². The molecular weight excluding hydrogens is 314 g/mol. The first-order valence-electron chi connectivity index (χ1n) is 8.15. The summed E-state index contributed by atoms with van der Waals surface area (Å²) in [6.45, 7) is 6.46. The number of benzene rings is 2. The third-order valence-corrected chi connectivity index (χ3v) is 4.13. The first-order chi connectivity index (χ1) is 12.0. The fraction of sp³-hybridized carbons (Fsp3) is 0.263. The van der Waals surface area contributed by atoms with Crippen LogP contribution < -0.4 is 15.6 Å². The van der Waals surface area contributed by atoms with Crippen LogP contribution in [0.2, 0.25) is 0 Å². The Hall–Kier alpha value is -2.86. The Labute approximate surface area is 147 Å². The van der Waals surface area contributed by atoms with Crippen molar-refractivity contribution in [2.75, 3.05) is 12.1 Å². The van der Waals surface area contributed by atoms with E-state index >= 15 is 0 Å². The van der Waals surface area contributed by atoms with E-state index in [-0.39, 0.29) is 0 Å². The van der Waals surface area contributed by atoms with Crippen molar-refractivity contribution < 1.29 is 4.74 Å². The highest BCUT2D eigenvalue weighted by molar-refractivity contribution is 5.55. The maximum absolute atomic E-state index is 6.06. The number of hydrogen-bond acceptors (Lipinski definition) is 5.